The normalized spacial score (nSPS) is 11.0. The van der Waals surface area contributed by atoms with Crippen molar-refractivity contribution in [1.29, 1.82) is 0 Å². The molecule has 0 unspecified atom stereocenters. The average Bonchev–Trinajstić information content (AvgIpc) is 2.93. The Labute approximate surface area is 223 Å². The molecule has 3 aromatic carbocycles. The second kappa shape index (κ2) is 10.9. The van der Waals surface area contributed by atoms with Crippen molar-refractivity contribution in [2.24, 2.45) is 5.73 Å². The summed E-state index contributed by atoms with van der Waals surface area (Å²) in [5, 5.41) is 3.55. The molecule has 0 radical (unpaired) electrons. The largest absolute Gasteiger partial charge is 0.439 e. The summed E-state index contributed by atoms with van der Waals surface area (Å²) in [6, 6.07) is 18.3. The number of fused-ring (bicyclic) bond motifs is 1. The van der Waals surface area contributed by atoms with Gasteiger partial charge in [-0.25, -0.2) is 19.3 Å². The van der Waals surface area contributed by atoms with Gasteiger partial charge in [-0.15, -0.1) is 0 Å². The van der Waals surface area contributed by atoms with Crippen LogP contribution in [-0.4, -0.2) is 26.8 Å². The Bertz CT molecular complexity index is 1750. The number of allylic oxidation sites excluding steroid dienone is 1. The maximum Gasteiger partial charge on any atom is 0.248 e. The first-order valence-corrected chi connectivity index (χ1v) is 11.9. The van der Waals surface area contributed by atoms with Gasteiger partial charge in [0, 0.05) is 52.3 Å². The van der Waals surface area contributed by atoms with E-state index in [2.05, 4.69) is 20.3 Å². The van der Waals surface area contributed by atoms with Crippen molar-refractivity contribution in [2.45, 2.75) is 6.92 Å². The molecular weight excluding hydrogens is 497 g/mol. The van der Waals surface area contributed by atoms with E-state index >= 15 is 4.39 Å². The number of anilines is 1. The van der Waals surface area contributed by atoms with E-state index in [4.69, 9.17) is 10.5 Å². The molecule has 0 saturated carbocycles. The molecule has 0 aliphatic rings. The Morgan fingerprint density at radius 2 is 1.85 bits per heavy atom. The summed E-state index contributed by atoms with van der Waals surface area (Å²) in [5.74, 6) is -1.06. The van der Waals surface area contributed by atoms with E-state index in [1.165, 1.54) is 36.8 Å². The number of aromatic nitrogens is 3. The van der Waals surface area contributed by atoms with Gasteiger partial charge >= 0.3 is 0 Å². The summed E-state index contributed by atoms with van der Waals surface area (Å²) in [7, 11) is 0. The molecule has 0 saturated heterocycles. The molecule has 2 amide bonds. The van der Waals surface area contributed by atoms with Crippen LogP contribution in [0.1, 0.15) is 17.3 Å². The van der Waals surface area contributed by atoms with E-state index in [0.717, 1.165) is 16.5 Å². The molecule has 0 aliphatic carbocycles. The molecule has 0 bridgehead atoms. The lowest BCUT2D eigenvalue weighted by atomic mass is 9.95. The molecule has 0 atom stereocenters. The van der Waals surface area contributed by atoms with E-state index in [0.29, 0.717) is 22.3 Å². The summed E-state index contributed by atoms with van der Waals surface area (Å²) < 4.78 is 21.0. The van der Waals surface area contributed by atoms with Gasteiger partial charge in [-0.1, -0.05) is 18.2 Å². The number of amides is 2. The van der Waals surface area contributed by atoms with Crippen LogP contribution in [0.3, 0.4) is 0 Å². The fourth-order valence-electron chi connectivity index (χ4n) is 4.11. The molecule has 2 aromatic heterocycles. The van der Waals surface area contributed by atoms with Crippen LogP contribution in [0.2, 0.25) is 0 Å². The predicted molar refractivity (Wildman–Crippen MR) is 147 cm³/mol. The molecule has 3 N–H and O–H groups in total. The lowest BCUT2D eigenvalue weighted by Crippen LogP contribution is -2.10. The number of carbonyl (C=O) groups excluding carboxylic acids is 2. The predicted octanol–water partition coefficient (Wildman–Crippen LogP) is 5.90. The minimum Gasteiger partial charge on any atom is -0.439 e. The third-order valence-electron chi connectivity index (χ3n) is 5.86. The number of hydrogen-bond donors (Lipinski definition) is 2. The zero-order valence-electron chi connectivity index (χ0n) is 20.8. The minimum absolute atomic E-state index is 0.116. The summed E-state index contributed by atoms with van der Waals surface area (Å²) in [6.45, 7) is 1.77. The first kappa shape index (κ1) is 25.2. The Balaban J connectivity index is 1.52. The Morgan fingerprint density at radius 1 is 0.974 bits per heavy atom. The van der Waals surface area contributed by atoms with Gasteiger partial charge in [0.2, 0.25) is 17.7 Å². The Hall–Kier alpha value is -5.44. The lowest BCUT2D eigenvalue weighted by molar-refractivity contribution is -0.111. The van der Waals surface area contributed by atoms with Gasteiger partial charge in [-0.3, -0.25) is 9.59 Å². The van der Waals surface area contributed by atoms with Crippen molar-refractivity contribution in [1.82, 2.24) is 15.0 Å². The molecule has 5 aromatic rings. The van der Waals surface area contributed by atoms with Gasteiger partial charge in [-0.05, 0) is 66.6 Å². The molecule has 8 nitrogen and oxygen atoms in total. The molecule has 39 heavy (non-hydrogen) atoms. The second-order valence-corrected chi connectivity index (χ2v) is 8.55. The van der Waals surface area contributed by atoms with Crippen LogP contribution in [0.5, 0.6) is 11.6 Å². The number of ether oxygens (including phenoxy) is 1. The minimum atomic E-state index is -0.620. The summed E-state index contributed by atoms with van der Waals surface area (Å²) in [4.78, 5) is 36.1. The highest BCUT2D eigenvalue weighted by molar-refractivity contribution is 6.01. The highest BCUT2D eigenvalue weighted by Crippen LogP contribution is 2.36. The Morgan fingerprint density at radius 3 is 2.64 bits per heavy atom. The van der Waals surface area contributed by atoms with Crippen molar-refractivity contribution in [3.05, 3.63) is 109 Å². The number of nitrogens with two attached hydrogens (primary N) is 1. The maximum absolute atomic E-state index is 15.4. The van der Waals surface area contributed by atoms with Crippen molar-refractivity contribution < 1.29 is 18.7 Å². The van der Waals surface area contributed by atoms with Gasteiger partial charge in [0.05, 0.1) is 5.52 Å². The van der Waals surface area contributed by atoms with Crippen LogP contribution in [0.4, 0.5) is 10.1 Å². The van der Waals surface area contributed by atoms with Gasteiger partial charge in [-0.2, -0.15) is 0 Å². The molecule has 5 rings (SSSR count). The third kappa shape index (κ3) is 5.62. The number of hydrogen-bond acceptors (Lipinski definition) is 6. The molecule has 0 spiro atoms. The quantitative estimate of drug-likeness (QED) is 0.258. The molecular formula is C30H22FN5O3. The van der Waals surface area contributed by atoms with Crippen molar-refractivity contribution in [2.75, 3.05) is 5.32 Å². The zero-order chi connectivity index (χ0) is 27.4. The van der Waals surface area contributed by atoms with Crippen LogP contribution in [-0.2, 0) is 4.79 Å². The third-order valence-corrected chi connectivity index (χ3v) is 5.86. The zero-order valence-corrected chi connectivity index (χ0v) is 20.8. The topological polar surface area (TPSA) is 120 Å². The SMILES string of the molecule is C/C=C/C(=O)Nc1cccc(-c2cc(-c3ccc(Oc4cc(C(N)=O)ccn4)cc3F)cc3cncnc23)c1. The number of rotatable bonds is 7. The standard InChI is InChI=1S/C30H22FN5O3/c1-2-4-27(37)36-22-6-3-5-18(12-22)25-13-20(11-21-16-33-17-35-29(21)25)24-8-7-23(15-26(24)31)39-28-14-19(30(32)38)9-10-34-28/h2-17H,1H3,(H2,32,38)(H,36,37)/b4-2+. The van der Waals surface area contributed by atoms with E-state index in [9.17, 15) is 9.59 Å². The number of primary amides is 1. The number of benzene rings is 3. The number of nitrogens with zero attached hydrogens (tertiary/aromatic N) is 3. The molecule has 0 fully saturated rings. The van der Waals surface area contributed by atoms with E-state index in [-0.39, 0.29) is 23.1 Å². The molecule has 2 heterocycles. The van der Waals surface area contributed by atoms with Crippen LogP contribution in [0.15, 0.2) is 97.6 Å². The number of carbonyl (C=O) groups is 2. The van der Waals surface area contributed by atoms with Gasteiger partial charge < -0.3 is 15.8 Å². The first-order chi connectivity index (χ1) is 18.9. The highest BCUT2D eigenvalue weighted by atomic mass is 19.1. The summed E-state index contributed by atoms with van der Waals surface area (Å²) in [6.07, 6.45) is 7.61. The maximum atomic E-state index is 15.4. The van der Waals surface area contributed by atoms with E-state index < -0.39 is 11.7 Å². The van der Waals surface area contributed by atoms with Gasteiger partial charge in [0.25, 0.3) is 0 Å². The molecule has 0 aliphatic heterocycles. The first-order valence-electron chi connectivity index (χ1n) is 11.9. The number of pyridine rings is 1. The van der Waals surface area contributed by atoms with Crippen LogP contribution in [0.25, 0.3) is 33.2 Å². The van der Waals surface area contributed by atoms with Crippen LogP contribution in [0, 0.1) is 5.82 Å². The van der Waals surface area contributed by atoms with E-state index in [1.807, 2.05) is 30.3 Å². The summed E-state index contributed by atoms with van der Waals surface area (Å²) >= 11 is 0. The van der Waals surface area contributed by atoms with Crippen LogP contribution < -0.4 is 15.8 Å². The van der Waals surface area contributed by atoms with E-state index in [1.54, 1.807) is 37.4 Å². The van der Waals surface area contributed by atoms with Crippen molar-refractivity contribution in [3.8, 4) is 33.9 Å². The number of nitrogens with one attached hydrogen (secondary N) is 1. The number of halogens is 1. The molecule has 9 heteroatoms. The second-order valence-electron chi connectivity index (χ2n) is 8.55. The van der Waals surface area contributed by atoms with Gasteiger partial charge in [0.1, 0.15) is 17.9 Å². The smallest absolute Gasteiger partial charge is 0.248 e. The fraction of sp³-hybridized carbons (Fsp3) is 0.0333. The van der Waals surface area contributed by atoms with Crippen molar-refractivity contribution in [3.63, 3.8) is 0 Å². The Kier molecular flexibility index (Phi) is 7.05. The lowest BCUT2D eigenvalue weighted by Gasteiger charge is -2.13. The fourth-order valence-corrected chi connectivity index (χ4v) is 4.11. The van der Waals surface area contributed by atoms with Crippen molar-refractivity contribution >= 4 is 28.4 Å². The average molecular weight is 520 g/mol. The molecule has 192 valence electrons. The monoisotopic (exact) mass is 519 g/mol. The summed E-state index contributed by atoms with van der Waals surface area (Å²) in [5.41, 5.74) is 9.32. The van der Waals surface area contributed by atoms with Gasteiger partial charge in [0.15, 0.2) is 0 Å². The van der Waals surface area contributed by atoms with Crippen LogP contribution >= 0.6 is 0 Å². The highest BCUT2D eigenvalue weighted by Gasteiger charge is 2.14.